The Kier molecular flexibility index (Phi) is 7.46. The fourth-order valence-electron chi connectivity index (χ4n) is 5.39. The van der Waals surface area contributed by atoms with E-state index in [1.165, 1.54) is 6.07 Å². The molecule has 1 fully saturated rings. The second-order valence-electron chi connectivity index (χ2n) is 10.1. The molecule has 1 aliphatic rings. The minimum absolute atomic E-state index is 0.0631. The maximum atomic E-state index is 13.4. The molecule has 0 radical (unpaired) electrons. The molecule has 1 aliphatic heterocycles. The summed E-state index contributed by atoms with van der Waals surface area (Å²) in [6, 6.07) is 22.5. The van der Waals surface area contributed by atoms with E-state index >= 15 is 0 Å². The highest BCUT2D eigenvalue weighted by atomic mass is 19.4. The minimum atomic E-state index is -4.46. The van der Waals surface area contributed by atoms with Gasteiger partial charge in [0.05, 0.1) is 24.6 Å². The molecule has 1 saturated heterocycles. The highest BCUT2D eigenvalue weighted by Crippen LogP contribution is 2.30. The smallest absolute Gasteiger partial charge is 0.350 e. The number of carbonyl (C=O) groups excluding carboxylic acids is 2. The summed E-state index contributed by atoms with van der Waals surface area (Å²) in [4.78, 5) is 30.1. The van der Waals surface area contributed by atoms with E-state index in [1.807, 2.05) is 72.4 Å². The highest BCUT2D eigenvalue weighted by Gasteiger charge is 2.35. The molecule has 202 valence electrons. The van der Waals surface area contributed by atoms with Crippen molar-refractivity contribution in [2.45, 2.75) is 38.0 Å². The van der Waals surface area contributed by atoms with Crippen LogP contribution in [0.1, 0.15) is 28.7 Å². The van der Waals surface area contributed by atoms with Crippen LogP contribution in [0, 0.1) is 0 Å². The molecule has 0 aliphatic carbocycles. The fraction of sp³-hybridized carbons (Fsp3) is 0.290. The van der Waals surface area contributed by atoms with E-state index < -0.39 is 11.7 Å². The van der Waals surface area contributed by atoms with Crippen LogP contribution in [0.2, 0.25) is 0 Å². The second kappa shape index (κ2) is 11.0. The Morgan fingerprint density at radius 1 is 0.949 bits per heavy atom. The molecule has 0 spiro atoms. The van der Waals surface area contributed by atoms with Gasteiger partial charge in [-0.3, -0.25) is 9.59 Å². The third kappa shape index (κ3) is 6.00. The number of halogens is 3. The summed E-state index contributed by atoms with van der Waals surface area (Å²) in [5.74, 6) is -0.397. The lowest BCUT2D eigenvalue weighted by atomic mass is 9.99. The Morgan fingerprint density at radius 2 is 1.67 bits per heavy atom. The number of hydrogen-bond acceptors (Lipinski definition) is 2. The molecule has 1 atom stereocenters. The van der Waals surface area contributed by atoms with E-state index in [2.05, 4.69) is 0 Å². The molecule has 5 rings (SSSR count). The van der Waals surface area contributed by atoms with Gasteiger partial charge in [-0.2, -0.15) is 13.2 Å². The zero-order valence-corrected chi connectivity index (χ0v) is 21.7. The van der Waals surface area contributed by atoms with Gasteiger partial charge in [0.15, 0.2) is 0 Å². The van der Waals surface area contributed by atoms with Crippen LogP contribution >= 0.6 is 0 Å². The van der Waals surface area contributed by atoms with Crippen molar-refractivity contribution < 1.29 is 22.8 Å². The first-order valence-corrected chi connectivity index (χ1v) is 13.0. The summed E-state index contributed by atoms with van der Waals surface area (Å²) in [5.41, 5.74) is 2.71. The van der Waals surface area contributed by atoms with Gasteiger partial charge in [0, 0.05) is 37.2 Å². The van der Waals surface area contributed by atoms with Crippen molar-refractivity contribution in [2.75, 3.05) is 13.1 Å². The molecule has 0 unspecified atom stereocenters. The molecular formula is C31H30F3N3O2. The van der Waals surface area contributed by atoms with E-state index in [9.17, 15) is 22.8 Å². The summed E-state index contributed by atoms with van der Waals surface area (Å²) >= 11 is 0. The van der Waals surface area contributed by atoms with Gasteiger partial charge in [0.25, 0.3) is 0 Å². The zero-order chi connectivity index (χ0) is 27.6. The van der Waals surface area contributed by atoms with Crippen molar-refractivity contribution in [3.63, 3.8) is 0 Å². The number of aromatic nitrogens is 1. The van der Waals surface area contributed by atoms with Crippen molar-refractivity contribution in [1.82, 2.24) is 14.4 Å². The summed E-state index contributed by atoms with van der Waals surface area (Å²) < 4.78 is 41.9. The molecular weight excluding hydrogens is 503 g/mol. The third-order valence-corrected chi connectivity index (χ3v) is 7.41. The molecule has 2 heterocycles. The first-order chi connectivity index (χ1) is 18.7. The van der Waals surface area contributed by atoms with Crippen molar-refractivity contribution in [3.8, 4) is 0 Å². The van der Waals surface area contributed by atoms with Gasteiger partial charge >= 0.3 is 6.18 Å². The maximum Gasteiger partial charge on any atom is 0.416 e. The maximum absolute atomic E-state index is 13.4. The number of carbonyl (C=O) groups is 2. The highest BCUT2D eigenvalue weighted by molar-refractivity contribution is 5.91. The lowest BCUT2D eigenvalue weighted by Gasteiger charge is -2.41. The van der Waals surface area contributed by atoms with Gasteiger partial charge in [0.2, 0.25) is 11.8 Å². The molecule has 8 heteroatoms. The Morgan fingerprint density at radius 3 is 2.44 bits per heavy atom. The summed E-state index contributed by atoms with van der Waals surface area (Å²) in [7, 11) is 1.94. The van der Waals surface area contributed by atoms with Crippen molar-refractivity contribution in [2.24, 2.45) is 7.05 Å². The van der Waals surface area contributed by atoms with E-state index in [0.29, 0.717) is 24.9 Å². The van der Waals surface area contributed by atoms with Gasteiger partial charge in [-0.1, -0.05) is 60.7 Å². The summed E-state index contributed by atoms with van der Waals surface area (Å²) in [6.07, 6.45) is -1.07. The van der Waals surface area contributed by atoms with E-state index in [-0.39, 0.29) is 37.4 Å². The average Bonchev–Trinajstić information content (AvgIpc) is 3.24. The molecule has 0 saturated carbocycles. The minimum Gasteiger partial charge on any atom is -0.350 e. The van der Waals surface area contributed by atoms with Crippen LogP contribution in [0.5, 0.6) is 0 Å². The molecule has 0 bridgehead atoms. The van der Waals surface area contributed by atoms with Crippen LogP contribution in [0.25, 0.3) is 10.9 Å². The normalized spacial score (nSPS) is 16.2. The van der Waals surface area contributed by atoms with Crippen LogP contribution in [0.4, 0.5) is 13.2 Å². The predicted molar refractivity (Wildman–Crippen MR) is 144 cm³/mol. The molecule has 39 heavy (non-hydrogen) atoms. The third-order valence-electron chi connectivity index (χ3n) is 7.41. The summed E-state index contributed by atoms with van der Waals surface area (Å²) in [6.45, 7) is 0.305. The number of alkyl halides is 3. The molecule has 3 aromatic carbocycles. The van der Waals surface area contributed by atoms with Gasteiger partial charge in [0.1, 0.15) is 0 Å². The van der Waals surface area contributed by atoms with Gasteiger partial charge < -0.3 is 14.4 Å². The molecule has 5 nitrogen and oxygen atoms in total. The lowest BCUT2D eigenvalue weighted by molar-refractivity contribution is -0.149. The van der Waals surface area contributed by atoms with Crippen LogP contribution in [0.15, 0.2) is 85.1 Å². The standard InChI is InChI=1S/C31H30F3N3O2/c1-35-19-24(27-12-5-6-13-28(27)35)17-29(38)36-20-26(15-14-22-8-3-2-4-9-22)37(30(39)21-36)18-23-10-7-11-25(16-23)31(32,33)34/h2-13,16,19,26H,14-15,17-18,20-21H2,1H3/t26-/m0/s1. The van der Waals surface area contributed by atoms with E-state index in [1.54, 1.807) is 15.9 Å². The molecule has 0 N–H and O–H groups in total. The molecule has 2 amide bonds. The van der Waals surface area contributed by atoms with Crippen molar-refractivity contribution >= 4 is 22.7 Å². The van der Waals surface area contributed by atoms with Crippen molar-refractivity contribution in [3.05, 3.63) is 107 Å². The Balaban J connectivity index is 1.36. The fourth-order valence-corrected chi connectivity index (χ4v) is 5.39. The van der Waals surface area contributed by atoms with Gasteiger partial charge in [-0.15, -0.1) is 0 Å². The van der Waals surface area contributed by atoms with E-state index in [4.69, 9.17) is 0 Å². The Bertz CT molecular complexity index is 1480. The SMILES string of the molecule is Cn1cc(CC(=O)N2CC(=O)N(Cc3cccc(C(F)(F)F)c3)[C@@H](CCc3ccccc3)C2)c2ccccc21. The lowest BCUT2D eigenvalue weighted by Crippen LogP contribution is -2.57. The summed E-state index contributed by atoms with van der Waals surface area (Å²) in [5, 5.41) is 1.00. The van der Waals surface area contributed by atoms with Crippen LogP contribution in [-0.4, -0.2) is 45.3 Å². The monoisotopic (exact) mass is 533 g/mol. The van der Waals surface area contributed by atoms with Gasteiger partial charge in [-0.05, 0) is 47.7 Å². The Labute approximate surface area is 225 Å². The van der Waals surface area contributed by atoms with Gasteiger partial charge in [-0.25, -0.2) is 0 Å². The van der Waals surface area contributed by atoms with Crippen LogP contribution in [0.3, 0.4) is 0 Å². The molecule has 1 aromatic heterocycles. The number of nitrogens with zero attached hydrogens (tertiary/aromatic N) is 3. The van der Waals surface area contributed by atoms with Crippen LogP contribution in [-0.2, 0) is 42.2 Å². The number of hydrogen-bond donors (Lipinski definition) is 0. The quantitative estimate of drug-likeness (QED) is 0.310. The number of aryl methyl sites for hydroxylation is 2. The Hall–Kier alpha value is -4.07. The number of amides is 2. The number of fused-ring (bicyclic) bond motifs is 1. The second-order valence-corrected chi connectivity index (χ2v) is 10.1. The zero-order valence-electron chi connectivity index (χ0n) is 21.7. The number of para-hydroxylation sites is 1. The number of benzene rings is 3. The van der Waals surface area contributed by atoms with Crippen LogP contribution < -0.4 is 0 Å². The topological polar surface area (TPSA) is 45.6 Å². The number of rotatable bonds is 7. The molecule has 4 aromatic rings. The van der Waals surface area contributed by atoms with E-state index in [0.717, 1.165) is 34.2 Å². The predicted octanol–water partition coefficient (Wildman–Crippen LogP) is 5.61. The number of piperazine rings is 1. The largest absolute Gasteiger partial charge is 0.416 e. The first kappa shape index (κ1) is 26.5. The van der Waals surface area contributed by atoms with Crippen molar-refractivity contribution in [1.29, 1.82) is 0 Å². The average molecular weight is 534 g/mol. The first-order valence-electron chi connectivity index (χ1n) is 13.0.